The fourth-order valence-corrected chi connectivity index (χ4v) is 2.94. The molecule has 112 valence electrons. The van der Waals surface area contributed by atoms with Gasteiger partial charge in [-0.2, -0.15) is 0 Å². The molecule has 2 rings (SSSR count). The van der Waals surface area contributed by atoms with Crippen molar-refractivity contribution in [3.8, 4) is 0 Å². The van der Waals surface area contributed by atoms with Gasteiger partial charge in [0.05, 0.1) is 5.92 Å². The molecule has 6 heteroatoms. The summed E-state index contributed by atoms with van der Waals surface area (Å²) in [5, 5.41) is 12.7. The number of halogens is 2. The minimum atomic E-state index is -0.801. The highest BCUT2D eigenvalue weighted by Gasteiger charge is 2.30. The molecule has 1 aliphatic rings. The van der Waals surface area contributed by atoms with Gasteiger partial charge in [-0.25, -0.2) is 0 Å². The topological polar surface area (TPSA) is 66.4 Å². The van der Waals surface area contributed by atoms with E-state index in [1.807, 2.05) is 0 Å². The number of hydrogen-bond acceptors (Lipinski definition) is 2. The molecule has 1 aromatic rings. The van der Waals surface area contributed by atoms with Crippen LogP contribution in [0.15, 0.2) is 24.3 Å². The van der Waals surface area contributed by atoms with Crippen molar-refractivity contribution in [3.63, 3.8) is 0 Å². The fraction of sp³-hybridized carbons (Fsp3) is 0.333. The number of carbonyl (C=O) groups excluding carboxylic acids is 1. The zero-order valence-electron chi connectivity index (χ0n) is 11.2. The molecular formula is C15H15Cl2NO3. The van der Waals surface area contributed by atoms with Gasteiger partial charge in [0, 0.05) is 27.7 Å². The Morgan fingerprint density at radius 1 is 1.24 bits per heavy atom. The molecule has 0 unspecified atom stereocenters. The lowest BCUT2D eigenvalue weighted by atomic mass is 10.1. The Balaban J connectivity index is 1.93. The minimum Gasteiger partial charge on any atom is -0.481 e. The van der Waals surface area contributed by atoms with Crippen molar-refractivity contribution in [1.82, 2.24) is 5.32 Å². The predicted molar refractivity (Wildman–Crippen MR) is 82.4 cm³/mol. The van der Waals surface area contributed by atoms with E-state index in [0.717, 1.165) is 0 Å². The van der Waals surface area contributed by atoms with E-state index in [1.165, 1.54) is 6.08 Å². The molecular weight excluding hydrogens is 313 g/mol. The van der Waals surface area contributed by atoms with E-state index in [0.29, 0.717) is 34.9 Å². The minimum absolute atomic E-state index is 0.0926. The van der Waals surface area contributed by atoms with Gasteiger partial charge >= 0.3 is 5.97 Å². The molecule has 1 aromatic carbocycles. The lowest BCUT2D eigenvalue weighted by Crippen LogP contribution is -2.31. The first kappa shape index (κ1) is 15.9. The number of benzene rings is 1. The molecule has 2 N–H and O–H groups in total. The number of carboxylic acids is 1. The third-order valence-corrected chi connectivity index (χ3v) is 4.19. The van der Waals surface area contributed by atoms with Crippen LogP contribution in [0.2, 0.25) is 10.0 Å². The molecule has 0 saturated heterocycles. The number of carboxylic acid groups (broad SMARTS) is 1. The van der Waals surface area contributed by atoms with Gasteiger partial charge in [-0.15, -0.1) is 0 Å². The largest absolute Gasteiger partial charge is 0.481 e. The summed E-state index contributed by atoms with van der Waals surface area (Å²) in [4.78, 5) is 22.7. The summed E-state index contributed by atoms with van der Waals surface area (Å²) in [7, 11) is 0. The van der Waals surface area contributed by atoms with Crippen LogP contribution in [0.5, 0.6) is 0 Å². The van der Waals surface area contributed by atoms with Crippen LogP contribution in [-0.2, 0) is 9.59 Å². The third kappa shape index (κ3) is 4.22. The number of aliphatic carboxylic acids is 1. The number of rotatable bonds is 4. The zero-order chi connectivity index (χ0) is 15.4. The van der Waals surface area contributed by atoms with E-state index >= 15 is 0 Å². The number of nitrogens with one attached hydrogen (secondary N) is 1. The lowest BCUT2D eigenvalue weighted by Gasteiger charge is -2.10. The van der Waals surface area contributed by atoms with E-state index < -0.39 is 5.97 Å². The molecule has 0 aliphatic heterocycles. The van der Waals surface area contributed by atoms with Crippen molar-refractivity contribution in [2.45, 2.75) is 25.3 Å². The van der Waals surface area contributed by atoms with Crippen LogP contribution in [0.3, 0.4) is 0 Å². The molecule has 0 spiro atoms. The summed E-state index contributed by atoms with van der Waals surface area (Å²) in [5.41, 5.74) is 0.589. The van der Waals surface area contributed by atoms with E-state index in [-0.39, 0.29) is 17.9 Å². The molecule has 4 nitrogen and oxygen atoms in total. The van der Waals surface area contributed by atoms with E-state index in [9.17, 15) is 9.59 Å². The zero-order valence-corrected chi connectivity index (χ0v) is 12.7. The monoisotopic (exact) mass is 327 g/mol. The van der Waals surface area contributed by atoms with Crippen LogP contribution in [0.25, 0.3) is 6.08 Å². The number of amides is 1. The summed E-state index contributed by atoms with van der Waals surface area (Å²) in [6, 6.07) is 5.02. The van der Waals surface area contributed by atoms with Crippen LogP contribution in [-0.4, -0.2) is 23.0 Å². The Kier molecular flexibility index (Phi) is 5.26. The Hall–Kier alpha value is -1.52. The van der Waals surface area contributed by atoms with E-state index in [1.54, 1.807) is 24.3 Å². The first-order valence-corrected chi connectivity index (χ1v) is 7.38. The second-order valence-corrected chi connectivity index (χ2v) is 5.84. The van der Waals surface area contributed by atoms with Crippen LogP contribution in [0.1, 0.15) is 24.8 Å². The van der Waals surface area contributed by atoms with Crippen molar-refractivity contribution >= 4 is 41.2 Å². The summed E-state index contributed by atoms with van der Waals surface area (Å²) in [6.07, 6.45) is 4.68. The quantitative estimate of drug-likeness (QED) is 0.833. The van der Waals surface area contributed by atoms with Crippen molar-refractivity contribution < 1.29 is 14.7 Å². The van der Waals surface area contributed by atoms with Gasteiger partial charge in [-0.1, -0.05) is 29.3 Å². The first-order valence-electron chi connectivity index (χ1n) is 6.62. The van der Waals surface area contributed by atoms with Crippen molar-refractivity contribution in [1.29, 1.82) is 0 Å². The molecule has 1 aliphatic carbocycles. The SMILES string of the molecule is O=C(/C=C/c1c(Cl)cccc1Cl)N[C@H]1CC[C@@H](C(=O)O)C1. The average molecular weight is 328 g/mol. The highest BCUT2D eigenvalue weighted by molar-refractivity contribution is 6.37. The fourth-order valence-electron chi connectivity index (χ4n) is 2.42. The Morgan fingerprint density at radius 3 is 2.48 bits per heavy atom. The van der Waals surface area contributed by atoms with Crippen LogP contribution in [0, 0.1) is 5.92 Å². The number of hydrogen-bond donors (Lipinski definition) is 2. The molecule has 0 bridgehead atoms. The molecule has 0 aromatic heterocycles. The van der Waals surface area contributed by atoms with Gasteiger partial charge < -0.3 is 10.4 Å². The summed E-state index contributed by atoms with van der Waals surface area (Å²) >= 11 is 12.0. The predicted octanol–water partition coefficient (Wildman–Crippen LogP) is 3.38. The Bertz CT molecular complexity index is 566. The van der Waals surface area contributed by atoms with Gasteiger partial charge in [0.1, 0.15) is 0 Å². The summed E-state index contributed by atoms with van der Waals surface area (Å²) in [6.45, 7) is 0. The van der Waals surface area contributed by atoms with Gasteiger partial charge in [-0.05, 0) is 37.5 Å². The maximum absolute atomic E-state index is 11.8. The van der Waals surface area contributed by atoms with Gasteiger partial charge in [0.25, 0.3) is 0 Å². The average Bonchev–Trinajstić information content (AvgIpc) is 2.87. The van der Waals surface area contributed by atoms with Gasteiger partial charge in [0.15, 0.2) is 0 Å². The van der Waals surface area contributed by atoms with Crippen molar-refractivity contribution in [3.05, 3.63) is 39.9 Å². The van der Waals surface area contributed by atoms with E-state index in [2.05, 4.69) is 5.32 Å². The molecule has 1 saturated carbocycles. The molecule has 0 radical (unpaired) electrons. The lowest BCUT2D eigenvalue weighted by molar-refractivity contribution is -0.141. The standard InChI is InChI=1S/C15H15Cl2NO3/c16-12-2-1-3-13(17)11(12)6-7-14(19)18-10-5-4-9(8-10)15(20)21/h1-3,6-7,9-10H,4-5,8H2,(H,18,19)(H,20,21)/b7-6+/t9-,10+/m1/s1. The smallest absolute Gasteiger partial charge is 0.306 e. The summed E-state index contributed by atoms with van der Waals surface area (Å²) in [5.74, 6) is -1.44. The number of carbonyl (C=O) groups is 2. The highest BCUT2D eigenvalue weighted by atomic mass is 35.5. The highest BCUT2D eigenvalue weighted by Crippen LogP contribution is 2.26. The Labute approximate surface area is 132 Å². The molecule has 0 heterocycles. The van der Waals surface area contributed by atoms with Gasteiger partial charge in [0.2, 0.25) is 5.91 Å². The van der Waals surface area contributed by atoms with Crippen molar-refractivity contribution in [2.24, 2.45) is 5.92 Å². The molecule has 2 atom stereocenters. The van der Waals surface area contributed by atoms with Crippen LogP contribution < -0.4 is 5.32 Å². The summed E-state index contributed by atoms with van der Waals surface area (Å²) < 4.78 is 0. The molecule has 1 fully saturated rings. The molecule has 21 heavy (non-hydrogen) atoms. The second-order valence-electron chi connectivity index (χ2n) is 5.02. The van der Waals surface area contributed by atoms with Gasteiger partial charge in [-0.3, -0.25) is 9.59 Å². The maximum Gasteiger partial charge on any atom is 0.306 e. The third-order valence-electron chi connectivity index (χ3n) is 3.53. The van der Waals surface area contributed by atoms with Crippen LogP contribution in [0.4, 0.5) is 0 Å². The first-order chi connectivity index (χ1) is 9.97. The molecule has 1 amide bonds. The van der Waals surface area contributed by atoms with Crippen LogP contribution >= 0.6 is 23.2 Å². The van der Waals surface area contributed by atoms with Crippen molar-refractivity contribution in [2.75, 3.05) is 0 Å². The van der Waals surface area contributed by atoms with E-state index in [4.69, 9.17) is 28.3 Å². The second kappa shape index (κ2) is 6.96. The Morgan fingerprint density at radius 2 is 1.90 bits per heavy atom. The normalized spacial score (nSPS) is 21.6. The maximum atomic E-state index is 11.8.